The van der Waals surface area contributed by atoms with E-state index in [9.17, 15) is 13.2 Å². The molecule has 3 rings (SSSR count). The highest BCUT2D eigenvalue weighted by molar-refractivity contribution is 7.93. The van der Waals surface area contributed by atoms with Gasteiger partial charge in [-0.15, -0.1) is 0 Å². The molecular weight excluding hydrogens is 314 g/mol. The number of anilines is 1. The Morgan fingerprint density at radius 1 is 1.13 bits per heavy atom. The Balaban J connectivity index is 1.70. The fourth-order valence-electron chi connectivity index (χ4n) is 3.09. The first-order valence-electron chi connectivity index (χ1n) is 7.80. The van der Waals surface area contributed by atoms with Crippen LogP contribution in [-0.4, -0.2) is 44.6 Å². The van der Waals surface area contributed by atoms with Crippen LogP contribution in [0.25, 0.3) is 0 Å². The lowest BCUT2D eigenvalue weighted by Crippen LogP contribution is -2.38. The molecule has 1 amide bonds. The summed E-state index contributed by atoms with van der Waals surface area (Å²) in [4.78, 5) is 14.2. The molecule has 2 aliphatic heterocycles. The van der Waals surface area contributed by atoms with Crippen molar-refractivity contribution < 1.29 is 13.2 Å². The number of likely N-dealkylation sites (tertiary alicyclic amines) is 1. The van der Waals surface area contributed by atoms with Crippen LogP contribution in [0, 0.1) is 17.2 Å². The van der Waals surface area contributed by atoms with Crippen molar-refractivity contribution >= 4 is 21.6 Å². The Morgan fingerprint density at radius 2 is 1.78 bits per heavy atom. The van der Waals surface area contributed by atoms with Crippen molar-refractivity contribution in [3.8, 4) is 6.07 Å². The van der Waals surface area contributed by atoms with Crippen molar-refractivity contribution in [2.75, 3.05) is 29.7 Å². The van der Waals surface area contributed by atoms with Gasteiger partial charge in [0.2, 0.25) is 10.0 Å². The molecule has 2 fully saturated rings. The molecule has 0 aromatic heterocycles. The lowest BCUT2D eigenvalue weighted by atomic mass is 9.98. The van der Waals surface area contributed by atoms with E-state index in [1.807, 2.05) is 0 Å². The van der Waals surface area contributed by atoms with E-state index in [0.29, 0.717) is 50.1 Å². The average Bonchev–Trinajstić information content (AvgIpc) is 2.94. The Morgan fingerprint density at radius 3 is 2.30 bits per heavy atom. The van der Waals surface area contributed by atoms with Crippen molar-refractivity contribution in [1.29, 1.82) is 5.26 Å². The van der Waals surface area contributed by atoms with E-state index in [4.69, 9.17) is 5.26 Å². The van der Waals surface area contributed by atoms with Crippen LogP contribution >= 0.6 is 0 Å². The number of carbonyl (C=O) groups excluding carboxylic acids is 1. The molecule has 0 unspecified atom stereocenters. The summed E-state index contributed by atoms with van der Waals surface area (Å²) in [5.41, 5.74) is 1.17. The Kier molecular flexibility index (Phi) is 4.26. The lowest BCUT2D eigenvalue weighted by molar-refractivity contribution is 0.0707. The van der Waals surface area contributed by atoms with Gasteiger partial charge in [0.15, 0.2) is 0 Å². The number of piperidine rings is 1. The fraction of sp³-hybridized carbons (Fsp3) is 0.500. The molecule has 0 spiro atoms. The predicted molar refractivity (Wildman–Crippen MR) is 86.4 cm³/mol. The molecule has 0 N–H and O–H groups in total. The number of benzene rings is 1. The molecular formula is C16H19N3O3S. The molecule has 2 saturated heterocycles. The Labute approximate surface area is 136 Å². The van der Waals surface area contributed by atoms with Gasteiger partial charge in [-0.2, -0.15) is 5.26 Å². The molecule has 7 heteroatoms. The van der Waals surface area contributed by atoms with E-state index in [1.165, 1.54) is 4.31 Å². The monoisotopic (exact) mass is 333 g/mol. The summed E-state index contributed by atoms with van der Waals surface area (Å²) >= 11 is 0. The molecule has 23 heavy (non-hydrogen) atoms. The van der Waals surface area contributed by atoms with Crippen molar-refractivity contribution in [2.24, 2.45) is 5.92 Å². The minimum absolute atomic E-state index is 0.0433. The molecule has 0 aliphatic carbocycles. The second-order valence-electron chi connectivity index (χ2n) is 5.98. The minimum Gasteiger partial charge on any atom is -0.339 e. The highest BCUT2D eigenvalue weighted by Crippen LogP contribution is 2.25. The van der Waals surface area contributed by atoms with Gasteiger partial charge >= 0.3 is 0 Å². The van der Waals surface area contributed by atoms with E-state index < -0.39 is 10.0 Å². The number of nitriles is 1. The number of carbonyl (C=O) groups is 1. The van der Waals surface area contributed by atoms with Gasteiger partial charge in [-0.25, -0.2) is 8.42 Å². The molecule has 122 valence electrons. The number of hydrogen-bond donors (Lipinski definition) is 0. The van der Waals surface area contributed by atoms with Crippen molar-refractivity contribution in [1.82, 2.24) is 4.90 Å². The molecule has 0 radical (unpaired) electrons. The molecule has 1 aromatic rings. The van der Waals surface area contributed by atoms with Crippen molar-refractivity contribution in [3.05, 3.63) is 29.8 Å². The Hall–Kier alpha value is -2.07. The van der Waals surface area contributed by atoms with Crippen LogP contribution in [-0.2, 0) is 10.0 Å². The number of hydrogen-bond acceptors (Lipinski definition) is 4. The number of sulfonamides is 1. The summed E-state index contributed by atoms with van der Waals surface area (Å²) < 4.78 is 25.2. The molecule has 2 heterocycles. The zero-order valence-electron chi connectivity index (χ0n) is 12.8. The molecule has 2 aliphatic rings. The van der Waals surface area contributed by atoms with Gasteiger partial charge in [0, 0.05) is 31.1 Å². The summed E-state index contributed by atoms with van der Waals surface area (Å²) in [5, 5.41) is 8.90. The quantitative estimate of drug-likeness (QED) is 0.823. The zero-order valence-corrected chi connectivity index (χ0v) is 13.6. The maximum Gasteiger partial charge on any atom is 0.253 e. The van der Waals surface area contributed by atoms with Crippen molar-refractivity contribution in [3.63, 3.8) is 0 Å². The third-order valence-electron chi connectivity index (χ3n) is 4.47. The van der Waals surface area contributed by atoms with Crippen molar-refractivity contribution in [2.45, 2.75) is 19.3 Å². The van der Waals surface area contributed by atoms with Gasteiger partial charge in [0.25, 0.3) is 5.91 Å². The van der Waals surface area contributed by atoms with E-state index in [-0.39, 0.29) is 17.6 Å². The third-order valence-corrected chi connectivity index (χ3v) is 6.34. The van der Waals surface area contributed by atoms with E-state index in [1.54, 1.807) is 29.2 Å². The summed E-state index contributed by atoms with van der Waals surface area (Å²) in [6, 6.07) is 9.00. The SMILES string of the molecule is N#CC1CCN(C(=O)c2ccc(N3CCCS3(=O)=O)cc2)CC1. The number of amides is 1. The summed E-state index contributed by atoms with van der Waals surface area (Å²) in [5.74, 6) is 0.167. The highest BCUT2D eigenvalue weighted by atomic mass is 32.2. The predicted octanol–water partition coefficient (Wildman–Crippen LogP) is 1.60. The summed E-state index contributed by atoms with van der Waals surface area (Å²) in [6.07, 6.45) is 2.07. The summed E-state index contributed by atoms with van der Waals surface area (Å²) in [6.45, 7) is 1.69. The third kappa shape index (κ3) is 3.17. The molecule has 1 aromatic carbocycles. The van der Waals surface area contributed by atoms with Crippen LogP contribution in [0.15, 0.2) is 24.3 Å². The van der Waals surface area contributed by atoms with Crippen LogP contribution in [0.3, 0.4) is 0 Å². The average molecular weight is 333 g/mol. The lowest BCUT2D eigenvalue weighted by Gasteiger charge is -2.29. The second-order valence-corrected chi connectivity index (χ2v) is 8.00. The van der Waals surface area contributed by atoms with Crippen LogP contribution in [0.2, 0.25) is 0 Å². The molecule has 0 atom stereocenters. The minimum atomic E-state index is -3.20. The standard InChI is InChI=1S/C16H19N3O3S/c17-12-13-6-9-18(10-7-13)16(20)14-2-4-15(5-3-14)19-8-1-11-23(19,21)22/h2-5,13H,1,6-11H2. The van der Waals surface area contributed by atoms with Gasteiger partial charge in [0.1, 0.15) is 0 Å². The maximum absolute atomic E-state index is 12.5. The van der Waals surface area contributed by atoms with Crippen LogP contribution in [0.5, 0.6) is 0 Å². The first-order valence-corrected chi connectivity index (χ1v) is 9.41. The zero-order chi connectivity index (χ0) is 16.4. The van der Waals surface area contributed by atoms with E-state index in [0.717, 1.165) is 0 Å². The number of rotatable bonds is 2. The van der Waals surface area contributed by atoms with Gasteiger partial charge in [-0.05, 0) is 43.5 Å². The van der Waals surface area contributed by atoms with E-state index >= 15 is 0 Å². The normalized spacial score (nSPS) is 21.2. The van der Waals surface area contributed by atoms with E-state index in [2.05, 4.69) is 6.07 Å². The Bertz CT molecular complexity index is 729. The fourth-order valence-corrected chi connectivity index (χ4v) is 4.66. The largest absolute Gasteiger partial charge is 0.339 e. The van der Waals surface area contributed by atoms with Crippen LogP contribution in [0.4, 0.5) is 5.69 Å². The number of nitrogens with zero attached hydrogens (tertiary/aromatic N) is 3. The van der Waals surface area contributed by atoms with Gasteiger partial charge in [-0.3, -0.25) is 9.10 Å². The topological polar surface area (TPSA) is 81.5 Å². The van der Waals surface area contributed by atoms with Gasteiger partial charge < -0.3 is 4.90 Å². The smallest absolute Gasteiger partial charge is 0.253 e. The second kappa shape index (κ2) is 6.20. The van der Waals surface area contributed by atoms with Gasteiger partial charge in [-0.1, -0.05) is 0 Å². The summed E-state index contributed by atoms with van der Waals surface area (Å²) in [7, 11) is -3.20. The molecule has 0 bridgehead atoms. The molecule has 6 nitrogen and oxygen atoms in total. The molecule has 0 saturated carbocycles. The van der Waals surface area contributed by atoms with Crippen LogP contribution in [0.1, 0.15) is 29.6 Å². The first kappa shape index (κ1) is 15.8. The first-order chi connectivity index (χ1) is 11.0. The maximum atomic E-state index is 12.5. The van der Waals surface area contributed by atoms with Crippen LogP contribution < -0.4 is 4.31 Å². The highest BCUT2D eigenvalue weighted by Gasteiger charge is 2.29. The van der Waals surface area contributed by atoms with Gasteiger partial charge in [0.05, 0.1) is 17.5 Å².